The van der Waals surface area contributed by atoms with Crippen molar-refractivity contribution < 1.29 is 23.6 Å². The van der Waals surface area contributed by atoms with Gasteiger partial charge in [0.05, 0.1) is 5.56 Å². The highest BCUT2D eigenvalue weighted by Gasteiger charge is 2.09. The van der Waals surface area contributed by atoms with E-state index >= 15 is 0 Å². The topological polar surface area (TPSA) is 66.4 Å². The second-order valence-corrected chi connectivity index (χ2v) is 4.80. The van der Waals surface area contributed by atoms with E-state index in [1.54, 1.807) is 24.3 Å². The van der Waals surface area contributed by atoms with Crippen LogP contribution in [0.5, 0.6) is 0 Å². The molecule has 24 heavy (non-hydrogen) atoms. The average Bonchev–Trinajstić information content (AvgIpc) is 2.60. The number of carbonyl (C=O) groups excluding carboxylic acids is 2. The van der Waals surface area contributed by atoms with Crippen LogP contribution in [0, 0.1) is 11.6 Å². The molecule has 0 aliphatic heterocycles. The standard InChI is InChI=1S/C18H13F2NO3/c19-14-7-8-16(20)15(11-14)17(22)9-5-12-1-3-13(4-2-12)6-10-18(23)21-24/h1-11,24H,(H,21,23). The summed E-state index contributed by atoms with van der Waals surface area (Å²) in [4.78, 5) is 22.8. The predicted molar refractivity (Wildman–Crippen MR) is 85.1 cm³/mol. The Bertz CT molecular complexity index is 812. The highest BCUT2D eigenvalue weighted by atomic mass is 19.1. The van der Waals surface area contributed by atoms with Crippen LogP contribution in [0.25, 0.3) is 12.2 Å². The molecule has 0 aliphatic rings. The van der Waals surface area contributed by atoms with Gasteiger partial charge in [0.15, 0.2) is 5.78 Å². The normalized spacial score (nSPS) is 11.1. The first-order valence-corrected chi connectivity index (χ1v) is 6.89. The van der Waals surface area contributed by atoms with E-state index < -0.39 is 23.3 Å². The van der Waals surface area contributed by atoms with Crippen molar-refractivity contribution in [3.05, 3.63) is 82.9 Å². The molecule has 2 N–H and O–H groups in total. The lowest BCUT2D eigenvalue weighted by atomic mass is 10.1. The maximum Gasteiger partial charge on any atom is 0.267 e. The van der Waals surface area contributed by atoms with Gasteiger partial charge in [-0.15, -0.1) is 0 Å². The van der Waals surface area contributed by atoms with Crippen LogP contribution in [0.3, 0.4) is 0 Å². The molecule has 0 bridgehead atoms. The summed E-state index contributed by atoms with van der Waals surface area (Å²) in [5.41, 5.74) is 2.52. The Labute approximate surface area is 136 Å². The molecule has 122 valence electrons. The highest BCUT2D eigenvalue weighted by molar-refractivity contribution is 6.07. The number of benzene rings is 2. The van der Waals surface area contributed by atoms with Gasteiger partial charge in [-0.3, -0.25) is 14.8 Å². The Balaban J connectivity index is 2.09. The number of hydroxylamine groups is 1. The number of hydrogen-bond acceptors (Lipinski definition) is 3. The maximum absolute atomic E-state index is 13.5. The maximum atomic E-state index is 13.5. The Morgan fingerprint density at radius 3 is 2.08 bits per heavy atom. The fourth-order valence-electron chi connectivity index (χ4n) is 1.88. The summed E-state index contributed by atoms with van der Waals surface area (Å²) in [7, 11) is 0. The molecule has 0 unspecified atom stereocenters. The second-order valence-electron chi connectivity index (χ2n) is 4.80. The molecule has 0 aliphatic carbocycles. The molecule has 6 heteroatoms. The van der Waals surface area contributed by atoms with Crippen LogP contribution in [0.2, 0.25) is 0 Å². The van der Waals surface area contributed by atoms with Gasteiger partial charge in [-0.1, -0.05) is 30.3 Å². The van der Waals surface area contributed by atoms with E-state index in [0.29, 0.717) is 11.1 Å². The van der Waals surface area contributed by atoms with Crippen molar-refractivity contribution in [2.45, 2.75) is 0 Å². The largest absolute Gasteiger partial charge is 0.289 e. The summed E-state index contributed by atoms with van der Waals surface area (Å²) in [6.07, 6.45) is 5.27. The predicted octanol–water partition coefficient (Wildman–Crippen LogP) is 3.38. The zero-order chi connectivity index (χ0) is 17.5. The number of allylic oxidation sites excluding steroid dienone is 1. The van der Waals surface area contributed by atoms with E-state index in [0.717, 1.165) is 30.4 Å². The number of halogens is 2. The van der Waals surface area contributed by atoms with E-state index in [9.17, 15) is 18.4 Å². The summed E-state index contributed by atoms with van der Waals surface area (Å²) in [6.45, 7) is 0. The fourth-order valence-corrected chi connectivity index (χ4v) is 1.88. The number of ketones is 1. The summed E-state index contributed by atoms with van der Waals surface area (Å²) in [6, 6.07) is 9.44. The van der Waals surface area contributed by atoms with Gasteiger partial charge in [0, 0.05) is 6.08 Å². The zero-order valence-electron chi connectivity index (χ0n) is 12.4. The molecule has 0 aromatic heterocycles. The Morgan fingerprint density at radius 1 is 0.917 bits per heavy atom. The lowest BCUT2D eigenvalue weighted by Crippen LogP contribution is -2.14. The molecule has 2 rings (SSSR count). The van der Waals surface area contributed by atoms with Gasteiger partial charge in [-0.2, -0.15) is 0 Å². The summed E-state index contributed by atoms with van der Waals surface area (Å²) in [5.74, 6) is -2.76. The lowest BCUT2D eigenvalue weighted by Gasteiger charge is -1.99. The van der Waals surface area contributed by atoms with E-state index in [4.69, 9.17) is 5.21 Å². The van der Waals surface area contributed by atoms with Gasteiger partial charge in [-0.25, -0.2) is 14.3 Å². The molecule has 0 spiro atoms. The fraction of sp³-hybridized carbons (Fsp3) is 0. The first-order chi connectivity index (χ1) is 11.5. The minimum Gasteiger partial charge on any atom is -0.289 e. The Morgan fingerprint density at radius 2 is 1.50 bits per heavy atom. The van der Waals surface area contributed by atoms with Gasteiger partial charge in [0.2, 0.25) is 0 Å². The third-order valence-corrected chi connectivity index (χ3v) is 3.09. The molecule has 0 radical (unpaired) electrons. The molecule has 0 atom stereocenters. The summed E-state index contributed by atoms with van der Waals surface area (Å²) >= 11 is 0. The molecule has 0 fully saturated rings. The van der Waals surface area contributed by atoms with Crippen molar-refractivity contribution in [2.24, 2.45) is 0 Å². The van der Waals surface area contributed by atoms with Gasteiger partial charge in [0.25, 0.3) is 5.91 Å². The minimum absolute atomic E-state index is 0.333. The summed E-state index contributed by atoms with van der Waals surface area (Å²) in [5, 5.41) is 8.37. The molecule has 0 saturated heterocycles. The van der Waals surface area contributed by atoms with Crippen LogP contribution in [-0.4, -0.2) is 16.9 Å². The smallest absolute Gasteiger partial charge is 0.267 e. The number of nitrogens with one attached hydrogen (secondary N) is 1. The molecule has 4 nitrogen and oxygen atoms in total. The quantitative estimate of drug-likeness (QED) is 0.382. The average molecular weight is 329 g/mol. The summed E-state index contributed by atoms with van der Waals surface area (Å²) < 4.78 is 26.6. The van der Waals surface area contributed by atoms with Crippen molar-refractivity contribution in [3.63, 3.8) is 0 Å². The third kappa shape index (κ3) is 4.69. The van der Waals surface area contributed by atoms with Crippen LogP contribution < -0.4 is 5.48 Å². The first-order valence-electron chi connectivity index (χ1n) is 6.89. The minimum atomic E-state index is -0.784. The Hall–Kier alpha value is -3.12. The van der Waals surface area contributed by atoms with Crippen molar-refractivity contribution in [2.75, 3.05) is 0 Å². The monoisotopic (exact) mass is 329 g/mol. The first kappa shape index (κ1) is 17.2. The van der Waals surface area contributed by atoms with E-state index in [1.165, 1.54) is 17.6 Å². The van der Waals surface area contributed by atoms with Crippen LogP contribution in [0.4, 0.5) is 8.78 Å². The molecule has 2 aromatic rings. The van der Waals surface area contributed by atoms with Crippen molar-refractivity contribution >= 4 is 23.8 Å². The molecule has 0 heterocycles. The number of amides is 1. The third-order valence-electron chi connectivity index (χ3n) is 3.09. The molecular formula is C18H13F2NO3. The van der Waals surface area contributed by atoms with E-state index in [2.05, 4.69) is 0 Å². The molecule has 1 amide bonds. The van der Waals surface area contributed by atoms with Crippen LogP contribution in [-0.2, 0) is 4.79 Å². The van der Waals surface area contributed by atoms with Gasteiger partial charge >= 0.3 is 0 Å². The zero-order valence-corrected chi connectivity index (χ0v) is 12.4. The van der Waals surface area contributed by atoms with Crippen molar-refractivity contribution in [3.8, 4) is 0 Å². The van der Waals surface area contributed by atoms with Crippen molar-refractivity contribution in [1.82, 2.24) is 5.48 Å². The van der Waals surface area contributed by atoms with Gasteiger partial charge in [-0.05, 0) is 41.5 Å². The van der Waals surface area contributed by atoms with Crippen LogP contribution >= 0.6 is 0 Å². The molecule has 0 saturated carbocycles. The highest BCUT2D eigenvalue weighted by Crippen LogP contribution is 2.13. The SMILES string of the molecule is O=C(C=Cc1ccc(C=CC(=O)c2cc(F)ccc2F)cc1)NO. The number of carbonyl (C=O) groups is 2. The second kappa shape index (κ2) is 7.94. The lowest BCUT2D eigenvalue weighted by molar-refractivity contribution is -0.124. The van der Waals surface area contributed by atoms with Gasteiger partial charge in [0.1, 0.15) is 11.6 Å². The Kier molecular flexibility index (Phi) is 5.70. The van der Waals surface area contributed by atoms with E-state index in [-0.39, 0.29) is 5.56 Å². The van der Waals surface area contributed by atoms with Crippen LogP contribution in [0.1, 0.15) is 21.5 Å². The number of hydrogen-bond donors (Lipinski definition) is 2. The molecular weight excluding hydrogens is 316 g/mol. The molecule has 2 aromatic carbocycles. The van der Waals surface area contributed by atoms with Crippen molar-refractivity contribution in [1.29, 1.82) is 0 Å². The van der Waals surface area contributed by atoms with Gasteiger partial charge < -0.3 is 0 Å². The van der Waals surface area contributed by atoms with Crippen LogP contribution in [0.15, 0.2) is 54.6 Å². The number of rotatable bonds is 5. The van der Waals surface area contributed by atoms with E-state index in [1.807, 2.05) is 0 Å².